The van der Waals surface area contributed by atoms with Crippen molar-refractivity contribution in [2.75, 3.05) is 5.32 Å². The quantitative estimate of drug-likeness (QED) is 0.743. The zero-order valence-electron chi connectivity index (χ0n) is 10.1. The fourth-order valence-corrected chi connectivity index (χ4v) is 2.07. The van der Waals surface area contributed by atoms with Gasteiger partial charge in [-0.2, -0.15) is 0 Å². The summed E-state index contributed by atoms with van der Waals surface area (Å²) >= 11 is 0. The first kappa shape index (κ1) is 12.4. The Bertz CT molecular complexity index is 448. The number of anilines is 1. The monoisotopic (exact) mass is 248 g/mol. The van der Waals surface area contributed by atoms with Crippen molar-refractivity contribution < 1.29 is 14.7 Å². The van der Waals surface area contributed by atoms with Crippen LogP contribution in [0.4, 0.5) is 5.69 Å². The van der Waals surface area contributed by atoms with E-state index in [0.717, 1.165) is 11.3 Å². The van der Waals surface area contributed by atoms with E-state index >= 15 is 0 Å². The molecule has 0 bridgehead atoms. The molecule has 1 heterocycles. The molecule has 0 radical (unpaired) electrons. The van der Waals surface area contributed by atoms with E-state index in [4.69, 9.17) is 5.11 Å². The van der Waals surface area contributed by atoms with Crippen molar-refractivity contribution in [1.29, 1.82) is 0 Å². The van der Waals surface area contributed by atoms with Gasteiger partial charge in [0, 0.05) is 12.1 Å². The Kier molecular flexibility index (Phi) is 3.50. The van der Waals surface area contributed by atoms with Crippen molar-refractivity contribution >= 4 is 17.6 Å². The molecule has 0 saturated carbocycles. The van der Waals surface area contributed by atoms with E-state index in [-0.39, 0.29) is 11.9 Å². The Morgan fingerprint density at radius 2 is 2.22 bits per heavy atom. The summed E-state index contributed by atoms with van der Waals surface area (Å²) in [5.74, 6) is -1.26. The molecule has 0 fully saturated rings. The topological polar surface area (TPSA) is 78.4 Å². The zero-order valence-corrected chi connectivity index (χ0v) is 10.1. The number of amides is 1. The molecule has 2 rings (SSSR count). The van der Waals surface area contributed by atoms with Crippen molar-refractivity contribution in [3.8, 4) is 0 Å². The molecule has 0 aromatic heterocycles. The highest BCUT2D eigenvalue weighted by Crippen LogP contribution is 2.25. The van der Waals surface area contributed by atoms with Crippen LogP contribution in [-0.4, -0.2) is 29.1 Å². The fourth-order valence-electron chi connectivity index (χ4n) is 2.07. The van der Waals surface area contributed by atoms with Gasteiger partial charge in [-0.15, -0.1) is 0 Å². The van der Waals surface area contributed by atoms with Gasteiger partial charge < -0.3 is 15.7 Å². The number of carboxylic acids is 1. The lowest BCUT2D eigenvalue weighted by molar-refractivity contribution is -0.142. The number of rotatable bonds is 4. The molecular formula is C13H16N2O3. The Labute approximate surface area is 105 Å². The van der Waals surface area contributed by atoms with Gasteiger partial charge in [0.2, 0.25) is 5.91 Å². The van der Waals surface area contributed by atoms with Gasteiger partial charge in [0.25, 0.3) is 0 Å². The Hall–Kier alpha value is -2.04. The lowest BCUT2D eigenvalue weighted by Gasteiger charge is -2.16. The summed E-state index contributed by atoms with van der Waals surface area (Å²) in [5.41, 5.74) is 2.03. The van der Waals surface area contributed by atoms with Crippen LogP contribution < -0.4 is 10.6 Å². The van der Waals surface area contributed by atoms with Gasteiger partial charge in [0.05, 0.1) is 0 Å². The summed E-state index contributed by atoms with van der Waals surface area (Å²) in [6.45, 7) is 1.73. The standard InChI is InChI=1S/C13H16N2O3/c1-2-9(13(17)18)15-12(16)11-7-8-5-3-4-6-10(8)14-11/h3-6,9,11,14H,2,7H2,1H3,(H,15,16)(H,17,18). The van der Waals surface area contributed by atoms with E-state index in [1.54, 1.807) is 6.92 Å². The lowest BCUT2D eigenvalue weighted by atomic mass is 10.1. The number of para-hydroxylation sites is 1. The molecule has 1 aromatic carbocycles. The molecule has 18 heavy (non-hydrogen) atoms. The molecule has 1 aromatic rings. The number of carbonyl (C=O) groups excluding carboxylic acids is 1. The van der Waals surface area contributed by atoms with E-state index in [9.17, 15) is 9.59 Å². The summed E-state index contributed by atoms with van der Waals surface area (Å²) in [6.07, 6.45) is 0.971. The van der Waals surface area contributed by atoms with Gasteiger partial charge in [-0.1, -0.05) is 25.1 Å². The molecule has 5 heteroatoms. The molecule has 2 atom stereocenters. The van der Waals surface area contributed by atoms with E-state index in [1.165, 1.54) is 0 Å². The molecule has 1 aliphatic heterocycles. The average molecular weight is 248 g/mol. The molecule has 0 aliphatic carbocycles. The van der Waals surface area contributed by atoms with Crippen LogP contribution in [0, 0.1) is 0 Å². The van der Waals surface area contributed by atoms with Gasteiger partial charge in [-0.05, 0) is 18.1 Å². The molecule has 0 saturated heterocycles. The number of hydrogen-bond acceptors (Lipinski definition) is 3. The SMILES string of the molecule is CCC(NC(=O)C1Cc2ccccc2N1)C(=O)O. The van der Waals surface area contributed by atoms with Crippen molar-refractivity contribution in [1.82, 2.24) is 5.32 Å². The molecule has 5 nitrogen and oxygen atoms in total. The van der Waals surface area contributed by atoms with Crippen LogP contribution >= 0.6 is 0 Å². The summed E-state index contributed by atoms with van der Waals surface area (Å²) in [4.78, 5) is 22.8. The van der Waals surface area contributed by atoms with Crippen molar-refractivity contribution in [3.63, 3.8) is 0 Å². The molecule has 0 spiro atoms. The summed E-state index contributed by atoms with van der Waals surface area (Å²) in [6, 6.07) is 6.51. The number of hydrogen-bond donors (Lipinski definition) is 3. The zero-order chi connectivity index (χ0) is 13.1. The van der Waals surface area contributed by atoms with Crippen LogP contribution in [0.15, 0.2) is 24.3 Å². The third-order valence-electron chi connectivity index (χ3n) is 3.11. The van der Waals surface area contributed by atoms with Crippen LogP contribution in [-0.2, 0) is 16.0 Å². The first-order valence-electron chi connectivity index (χ1n) is 5.99. The third kappa shape index (κ3) is 2.45. The van der Waals surface area contributed by atoms with Gasteiger partial charge in [-0.25, -0.2) is 4.79 Å². The number of benzene rings is 1. The van der Waals surface area contributed by atoms with Crippen LogP contribution in [0.2, 0.25) is 0 Å². The maximum atomic E-state index is 12.0. The van der Waals surface area contributed by atoms with Gasteiger partial charge in [0.15, 0.2) is 0 Å². The summed E-state index contributed by atoms with van der Waals surface area (Å²) in [7, 11) is 0. The first-order valence-corrected chi connectivity index (χ1v) is 5.99. The number of fused-ring (bicyclic) bond motifs is 1. The minimum absolute atomic E-state index is 0.263. The maximum Gasteiger partial charge on any atom is 0.326 e. The van der Waals surface area contributed by atoms with Crippen molar-refractivity contribution in [2.24, 2.45) is 0 Å². The van der Waals surface area contributed by atoms with Gasteiger partial charge in [-0.3, -0.25) is 4.79 Å². The van der Waals surface area contributed by atoms with Crippen LogP contribution in [0.25, 0.3) is 0 Å². The highest BCUT2D eigenvalue weighted by atomic mass is 16.4. The predicted octanol–water partition coefficient (Wildman–Crippen LogP) is 1.00. The molecular weight excluding hydrogens is 232 g/mol. The second-order valence-electron chi connectivity index (χ2n) is 4.37. The van der Waals surface area contributed by atoms with E-state index < -0.39 is 12.0 Å². The Morgan fingerprint density at radius 3 is 2.83 bits per heavy atom. The molecule has 3 N–H and O–H groups in total. The lowest BCUT2D eigenvalue weighted by Crippen LogP contribution is -2.47. The van der Waals surface area contributed by atoms with Gasteiger partial charge >= 0.3 is 5.97 Å². The highest BCUT2D eigenvalue weighted by molar-refractivity contribution is 5.90. The smallest absolute Gasteiger partial charge is 0.326 e. The van der Waals surface area contributed by atoms with Gasteiger partial charge in [0.1, 0.15) is 12.1 Å². The second kappa shape index (κ2) is 5.08. The second-order valence-corrected chi connectivity index (χ2v) is 4.37. The summed E-state index contributed by atoms with van der Waals surface area (Å²) in [5, 5.41) is 14.5. The number of nitrogens with one attached hydrogen (secondary N) is 2. The maximum absolute atomic E-state index is 12.0. The number of carboxylic acid groups (broad SMARTS) is 1. The van der Waals surface area contributed by atoms with Crippen LogP contribution in [0.1, 0.15) is 18.9 Å². The van der Waals surface area contributed by atoms with Crippen molar-refractivity contribution in [2.45, 2.75) is 31.8 Å². The highest BCUT2D eigenvalue weighted by Gasteiger charge is 2.28. The predicted molar refractivity (Wildman–Crippen MR) is 67.4 cm³/mol. The molecule has 2 unspecified atom stereocenters. The van der Waals surface area contributed by atoms with E-state index in [2.05, 4.69) is 10.6 Å². The Balaban J connectivity index is 1.99. The third-order valence-corrected chi connectivity index (χ3v) is 3.11. The average Bonchev–Trinajstić information content (AvgIpc) is 2.79. The number of aliphatic carboxylic acids is 1. The van der Waals surface area contributed by atoms with Crippen LogP contribution in [0.3, 0.4) is 0 Å². The van der Waals surface area contributed by atoms with Crippen LogP contribution in [0.5, 0.6) is 0 Å². The first-order chi connectivity index (χ1) is 8.61. The molecule has 1 amide bonds. The minimum atomic E-state index is -0.999. The van der Waals surface area contributed by atoms with E-state index in [0.29, 0.717) is 12.8 Å². The number of carbonyl (C=O) groups is 2. The molecule has 1 aliphatic rings. The fraction of sp³-hybridized carbons (Fsp3) is 0.385. The summed E-state index contributed by atoms with van der Waals surface area (Å²) < 4.78 is 0. The Morgan fingerprint density at radius 1 is 1.50 bits per heavy atom. The largest absolute Gasteiger partial charge is 0.480 e. The normalized spacial score (nSPS) is 18.6. The van der Waals surface area contributed by atoms with Crippen molar-refractivity contribution in [3.05, 3.63) is 29.8 Å². The molecule has 96 valence electrons. The minimum Gasteiger partial charge on any atom is -0.480 e. The van der Waals surface area contributed by atoms with E-state index in [1.807, 2.05) is 24.3 Å².